The molecule has 0 saturated heterocycles. The Balaban J connectivity index is 2.27. The van der Waals surface area contributed by atoms with Gasteiger partial charge in [0, 0.05) is 22.9 Å². The first-order chi connectivity index (χ1) is 8.77. The molecule has 104 valence electrons. The number of nitrogens with one attached hydrogen (secondary N) is 1. The molecular weight excluding hydrogens is 246 g/mol. The summed E-state index contributed by atoms with van der Waals surface area (Å²) in [6.45, 7) is 11.2. The molecule has 0 radical (unpaired) electrons. The van der Waals surface area contributed by atoms with Crippen molar-refractivity contribution in [2.75, 3.05) is 26.4 Å². The average Bonchev–Trinajstić information content (AvgIpc) is 2.70. The van der Waals surface area contributed by atoms with Crippen molar-refractivity contribution in [1.29, 1.82) is 0 Å². The van der Waals surface area contributed by atoms with E-state index in [0.29, 0.717) is 19.8 Å². The minimum absolute atomic E-state index is 0.673. The standard InChI is InChI=1S/C14H25NO2S/c1-4-6-15-10-14-9-13(12(3)18-14)11-17-8-7-16-5-2/h9,15H,4-8,10-11H2,1-3H3. The summed E-state index contributed by atoms with van der Waals surface area (Å²) in [6.07, 6.45) is 1.18. The Bertz CT molecular complexity index is 326. The summed E-state index contributed by atoms with van der Waals surface area (Å²) in [6, 6.07) is 2.25. The normalized spacial score (nSPS) is 11.1. The van der Waals surface area contributed by atoms with Gasteiger partial charge in [0.15, 0.2) is 0 Å². The Labute approximate surface area is 114 Å². The molecule has 0 aliphatic heterocycles. The van der Waals surface area contributed by atoms with E-state index in [1.807, 2.05) is 18.3 Å². The van der Waals surface area contributed by atoms with Gasteiger partial charge in [0.1, 0.15) is 0 Å². The molecule has 0 aliphatic carbocycles. The predicted molar refractivity (Wildman–Crippen MR) is 77.2 cm³/mol. The van der Waals surface area contributed by atoms with Gasteiger partial charge in [0.2, 0.25) is 0 Å². The minimum atomic E-state index is 0.673. The third kappa shape index (κ3) is 5.96. The number of ether oxygens (including phenoxy) is 2. The van der Waals surface area contributed by atoms with Gasteiger partial charge in [-0.25, -0.2) is 0 Å². The third-order valence-corrected chi connectivity index (χ3v) is 3.72. The van der Waals surface area contributed by atoms with Crippen LogP contribution in [0.3, 0.4) is 0 Å². The van der Waals surface area contributed by atoms with Gasteiger partial charge < -0.3 is 14.8 Å². The van der Waals surface area contributed by atoms with Gasteiger partial charge in [-0.05, 0) is 38.4 Å². The summed E-state index contributed by atoms with van der Waals surface area (Å²) in [5.74, 6) is 0. The van der Waals surface area contributed by atoms with Crippen molar-refractivity contribution in [3.63, 3.8) is 0 Å². The summed E-state index contributed by atoms with van der Waals surface area (Å²) in [7, 11) is 0. The van der Waals surface area contributed by atoms with Gasteiger partial charge in [-0.15, -0.1) is 11.3 Å². The lowest BCUT2D eigenvalue weighted by atomic mass is 10.2. The first-order valence-corrected chi connectivity index (χ1v) is 7.54. The van der Waals surface area contributed by atoms with Crippen LogP contribution in [0.1, 0.15) is 35.6 Å². The highest BCUT2D eigenvalue weighted by Crippen LogP contribution is 2.22. The maximum absolute atomic E-state index is 5.60. The van der Waals surface area contributed by atoms with E-state index in [1.165, 1.54) is 21.7 Å². The van der Waals surface area contributed by atoms with Crippen LogP contribution in [0.5, 0.6) is 0 Å². The first kappa shape index (κ1) is 15.6. The maximum Gasteiger partial charge on any atom is 0.0728 e. The molecule has 18 heavy (non-hydrogen) atoms. The SMILES string of the molecule is CCCNCc1cc(COCCOCC)c(C)s1. The van der Waals surface area contributed by atoms with E-state index in [-0.39, 0.29) is 0 Å². The number of hydrogen-bond acceptors (Lipinski definition) is 4. The zero-order valence-electron chi connectivity index (χ0n) is 11.8. The molecule has 0 spiro atoms. The van der Waals surface area contributed by atoms with E-state index >= 15 is 0 Å². The Hall–Kier alpha value is -0.420. The van der Waals surface area contributed by atoms with Crippen molar-refractivity contribution in [1.82, 2.24) is 5.32 Å². The van der Waals surface area contributed by atoms with Gasteiger partial charge in [-0.3, -0.25) is 0 Å². The summed E-state index contributed by atoms with van der Waals surface area (Å²) < 4.78 is 10.8. The van der Waals surface area contributed by atoms with Crippen molar-refractivity contribution in [2.24, 2.45) is 0 Å². The van der Waals surface area contributed by atoms with Crippen LogP contribution in [0.2, 0.25) is 0 Å². The molecule has 0 amide bonds. The Morgan fingerprint density at radius 1 is 1.22 bits per heavy atom. The lowest BCUT2D eigenvalue weighted by Gasteiger charge is -2.03. The molecule has 0 atom stereocenters. The zero-order valence-corrected chi connectivity index (χ0v) is 12.6. The van der Waals surface area contributed by atoms with Crippen LogP contribution in [0.4, 0.5) is 0 Å². The molecular formula is C14H25NO2S. The highest BCUT2D eigenvalue weighted by molar-refractivity contribution is 7.12. The molecule has 1 aromatic rings. The highest BCUT2D eigenvalue weighted by atomic mass is 32.1. The summed E-state index contributed by atoms with van der Waals surface area (Å²) >= 11 is 1.86. The Morgan fingerprint density at radius 3 is 2.72 bits per heavy atom. The first-order valence-electron chi connectivity index (χ1n) is 6.72. The number of rotatable bonds is 10. The lowest BCUT2D eigenvalue weighted by molar-refractivity contribution is 0.0452. The van der Waals surface area contributed by atoms with Crippen LogP contribution in [0.25, 0.3) is 0 Å². The molecule has 0 unspecified atom stereocenters. The molecule has 1 rings (SSSR count). The van der Waals surface area contributed by atoms with Crippen molar-refractivity contribution < 1.29 is 9.47 Å². The molecule has 0 aromatic carbocycles. The largest absolute Gasteiger partial charge is 0.379 e. The minimum Gasteiger partial charge on any atom is -0.379 e. The quantitative estimate of drug-likeness (QED) is 0.663. The van der Waals surface area contributed by atoms with Crippen molar-refractivity contribution in [3.8, 4) is 0 Å². The summed E-state index contributed by atoms with van der Waals surface area (Å²) in [5, 5.41) is 3.43. The van der Waals surface area contributed by atoms with Crippen molar-refractivity contribution in [3.05, 3.63) is 21.4 Å². The third-order valence-electron chi connectivity index (χ3n) is 2.63. The summed E-state index contributed by atoms with van der Waals surface area (Å²) in [4.78, 5) is 2.75. The topological polar surface area (TPSA) is 30.5 Å². The van der Waals surface area contributed by atoms with Crippen LogP contribution in [-0.2, 0) is 22.6 Å². The van der Waals surface area contributed by atoms with Gasteiger partial charge in [0.05, 0.1) is 19.8 Å². The smallest absolute Gasteiger partial charge is 0.0728 e. The second-order valence-corrected chi connectivity index (χ2v) is 5.56. The van der Waals surface area contributed by atoms with E-state index in [1.54, 1.807) is 0 Å². The maximum atomic E-state index is 5.60. The second-order valence-electron chi connectivity index (χ2n) is 4.22. The van der Waals surface area contributed by atoms with Gasteiger partial charge >= 0.3 is 0 Å². The Morgan fingerprint density at radius 2 is 2.00 bits per heavy atom. The van der Waals surface area contributed by atoms with E-state index in [2.05, 4.69) is 25.2 Å². The number of aryl methyl sites for hydroxylation is 1. The van der Waals surface area contributed by atoms with Crippen molar-refractivity contribution in [2.45, 2.75) is 40.3 Å². The van der Waals surface area contributed by atoms with Crippen LogP contribution in [0.15, 0.2) is 6.07 Å². The molecule has 4 heteroatoms. The molecule has 0 fully saturated rings. The fourth-order valence-electron chi connectivity index (χ4n) is 1.65. The zero-order chi connectivity index (χ0) is 13.2. The predicted octanol–water partition coefficient (Wildman–Crippen LogP) is 3.11. The van der Waals surface area contributed by atoms with Crippen LogP contribution in [-0.4, -0.2) is 26.4 Å². The molecule has 3 nitrogen and oxygen atoms in total. The number of hydrogen-bond donors (Lipinski definition) is 1. The molecule has 1 aromatic heterocycles. The van der Waals surface area contributed by atoms with Gasteiger partial charge in [0.25, 0.3) is 0 Å². The van der Waals surface area contributed by atoms with E-state index in [9.17, 15) is 0 Å². The van der Waals surface area contributed by atoms with Crippen molar-refractivity contribution >= 4 is 11.3 Å². The van der Waals surface area contributed by atoms with E-state index in [4.69, 9.17) is 9.47 Å². The fourth-order valence-corrected chi connectivity index (χ4v) is 2.67. The monoisotopic (exact) mass is 271 g/mol. The Kier molecular flexibility index (Phi) is 8.25. The second kappa shape index (κ2) is 9.50. The fraction of sp³-hybridized carbons (Fsp3) is 0.714. The lowest BCUT2D eigenvalue weighted by Crippen LogP contribution is -2.12. The van der Waals surface area contributed by atoms with E-state index in [0.717, 1.165) is 19.7 Å². The molecule has 0 saturated carbocycles. The van der Waals surface area contributed by atoms with Crippen LogP contribution >= 0.6 is 11.3 Å². The molecule has 1 heterocycles. The molecule has 1 N–H and O–H groups in total. The van der Waals surface area contributed by atoms with Gasteiger partial charge in [-0.1, -0.05) is 6.92 Å². The van der Waals surface area contributed by atoms with Crippen LogP contribution in [0, 0.1) is 6.92 Å². The molecule has 0 aliphatic rings. The van der Waals surface area contributed by atoms with Gasteiger partial charge in [-0.2, -0.15) is 0 Å². The number of thiophene rings is 1. The average molecular weight is 271 g/mol. The highest BCUT2D eigenvalue weighted by Gasteiger charge is 2.05. The molecule has 0 bridgehead atoms. The van der Waals surface area contributed by atoms with E-state index < -0.39 is 0 Å². The summed E-state index contributed by atoms with van der Waals surface area (Å²) in [5.41, 5.74) is 1.31. The van der Waals surface area contributed by atoms with Crippen LogP contribution < -0.4 is 5.32 Å².